The van der Waals surface area contributed by atoms with E-state index in [0.29, 0.717) is 29.3 Å². The number of imidazole rings is 1. The van der Waals surface area contributed by atoms with Crippen LogP contribution in [0, 0.1) is 5.92 Å². The second-order valence-electron chi connectivity index (χ2n) is 4.27. The molecule has 2 heterocycles. The molecule has 1 aliphatic rings. The molecular formula is C10H10Cl2N4O. The molecule has 2 aromatic heterocycles. The maximum atomic E-state index is 9.84. The lowest BCUT2D eigenvalue weighted by Crippen LogP contribution is -2.13. The number of aromatic nitrogens is 4. The lowest BCUT2D eigenvalue weighted by Gasteiger charge is -2.05. The molecule has 0 bridgehead atoms. The highest BCUT2D eigenvalue weighted by molar-refractivity contribution is 6.35. The third-order valence-electron chi connectivity index (χ3n) is 2.90. The topological polar surface area (TPSA) is 74.7 Å². The van der Waals surface area contributed by atoms with Crippen molar-refractivity contribution in [2.24, 2.45) is 5.92 Å². The highest BCUT2D eigenvalue weighted by Gasteiger charge is 2.30. The number of hydrogen-bond acceptors (Lipinski definition) is 4. The maximum Gasteiger partial charge on any atom is 0.225 e. The van der Waals surface area contributed by atoms with Crippen molar-refractivity contribution in [3.8, 4) is 0 Å². The van der Waals surface area contributed by atoms with Crippen molar-refractivity contribution in [2.45, 2.75) is 25.4 Å². The molecule has 1 fully saturated rings. The number of fused-ring (bicyclic) bond motifs is 1. The van der Waals surface area contributed by atoms with Crippen molar-refractivity contribution >= 4 is 34.4 Å². The molecule has 0 saturated heterocycles. The van der Waals surface area contributed by atoms with Gasteiger partial charge in [-0.15, -0.1) is 0 Å². The molecule has 3 rings (SSSR count). The second kappa shape index (κ2) is 4.08. The molecule has 90 valence electrons. The van der Waals surface area contributed by atoms with Crippen LogP contribution in [0.4, 0.5) is 0 Å². The average molecular weight is 273 g/mol. The molecule has 0 aliphatic heterocycles. The summed E-state index contributed by atoms with van der Waals surface area (Å²) in [5.41, 5.74) is 1.00. The summed E-state index contributed by atoms with van der Waals surface area (Å²) in [5, 5.41) is 10.2. The minimum Gasteiger partial charge on any atom is -0.392 e. The van der Waals surface area contributed by atoms with Crippen LogP contribution in [0.15, 0.2) is 0 Å². The van der Waals surface area contributed by atoms with E-state index in [9.17, 15) is 5.11 Å². The Labute approximate surface area is 107 Å². The predicted molar refractivity (Wildman–Crippen MR) is 64.1 cm³/mol. The molecule has 1 saturated carbocycles. The number of rotatable bonds is 3. The van der Waals surface area contributed by atoms with E-state index in [1.54, 1.807) is 0 Å². The smallest absolute Gasteiger partial charge is 0.225 e. The molecule has 1 aliphatic carbocycles. The van der Waals surface area contributed by atoms with Gasteiger partial charge >= 0.3 is 0 Å². The van der Waals surface area contributed by atoms with Crippen LogP contribution in [0.1, 0.15) is 18.7 Å². The first-order chi connectivity index (χ1) is 8.13. The third-order valence-corrected chi connectivity index (χ3v) is 3.34. The number of aliphatic hydroxyl groups excluding tert-OH is 1. The summed E-state index contributed by atoms with van der Waals surface area (Å²) < 4.78 is 0. The molecular weight excluding hydrogens is 263 g/mol. The molecule has 0 radical (unpaired) electrons. The zero-order valence-electron chi connectivity index (χ0n) is 8.82. The van der Waals surface area contributed by atoms with Crippen LogP contribution in [0.3, 0.4) is 0 Å². The van der Waals surface area contributed by atoms with Crippen LogP contribution in [0.2, 0.25) is 10.4 Å². The molecule has 2 aromatic rings. The molecule has 2 N–H and O–H groups in total. The van der Waals surface area contributed by atoms with Gasteiger partial charge in [0.1, 0.15) is 11.3 Å². The highest BCUT2D eigenvalue weighted by atomic mass is 35.5. The Morgan fingerprint density at radius 3 is 2.76 bits per heavy atom. The van der Waals surface area contributed by atoms with E-state index in [1.165, 1.54) is 0 Å². The summed E-state index contributed by atoms with van der Waals surface area (Å²) in [7, 11) is 0. The number of halogens is 2. The summed E-state index contributed by atoms with van der Waals surface area (Å²) >= 11 is 11.6. The van der Waals surface area contributed by atoms with E-state index in [0.717, 1.165) is 12.8 Å². The zero-order valence-corrected chi connectivity index (χ0v) is 10.3. The van der Waals surface area contributed by atoms with Crippen molar-refractivity contribution in [2.75, 3.05) is 0 Å². The van der Waals surface area contributed by atoms with E-state index < -0.39 is 0 Å². The van der Waals surface area contributed by atoms with E-state index in [1.807, 2.05) is 0 Å². The van der Waals surface area contributed by atoms with Crippen molar-refractivity contribution in [3.63, 3.8) is 0 Å². The molecule has 7 heteroatoms. The first-order valence-electron chi connectivity index (χ1n) is 5.39. The molecule has 1 unspecified atom stereocenters. The molecule has 5 nitrogen and oxygen atoms in total. The number of aromatic amines is 1. The van der Waals surface area contributed by atoms with Gasteiger partial charge in [0.25, 0.3) is 0 Å². The average Bonchev–Trinajstić information content (AvgIpc) is 3.01. The highest BCUT2D eigenvalue weighted by Crippen LogP contribution is 2.33. The number of H-pyrrole nitrogens is 1. The molecule has 1 atom stereocenters. The van der Waals surface area contributed by atoms with Crippen molar-refractivity contribution in [3.05, 3.63) is 16.3 Å². The molecule has 17 heavy (non-hydrogen) atoms. The standard InChI is InChI=1S/C10H10Cl2N4O/c11-8-7-9(16-10(12)15-8)14-6(13-7)3-5(17)4-1-2-4/h4-5,17H,1-3H2,(H,13,14,15,16). The fourth-order valence-electron chi connectivity index (χ4n) is 1.83. The number of hydrogen-bond donors (Lipinski definition) is 2. The Hall–Kier alpha value is -0.910. The zero-order chi connectivity index (χ0) is 12.0. The van der Waals surface area contributed by atoms with Gasteiger partial charge in [0, 0.05) is 6.42 Å². The van der Waals surface area contributed by atoms with Gasteiger partial charge < -0.3 is 10.1 Å². The lowest BCUT2D eigenvalue weighted by molar-refractivity contribution is 0.149. The minimum atomic E-state index is -0.349. The van der Waals surface area contributed by atoms with Gasteiger partial charge in [-0.05, 0) is 30.4 Å². The van der Waals surface area contributed by atoms with Gasteiger partial charge in [0.2, 0.25) is 5.28 Å². The first kappa shape index (κ1) is 11.2. The fourth-order valence-corrected chi connectivity index (χ4v) is 2.25. The van der Waals surface area contributed by atoms with Gasteiger partial charge in [-0.25, -0.2) is 9.97 Å². The summed E-state index contributed by atoms with van der Waals surface area (Å²) in [6.07, 6.45) is 2.31. The third kappa shape index (κ3) is 2.22. The van der Waals surface area contributed by atoms with Crippen molar-refractivity contribution < 1.29 is 5.11 Å². The van der Waals surface area contributed by atoms with Crippen molar-refractivity contribution in [1.82, 2.24) is 19.9 Å². The predicted octanol–water partition coefficient (Wildman–Crippen LogP) is 1.97. The largest absolute Gasteiger partial charge is 0.392 e. The van der Waals surface area contributed by atoms with E-state index in [2.05, 4.69) is 19.9 Å². The number of nitrogens with one attached hydrogen (secondary N) is 1. The van der Waals surface area contributed by atoms with Gasteiger partial charge in [-0.2, -0.15) is 4.98 Å². The van der Waals surface area contributed by atoms with Crippen LogP contribution >= 0.6 is 23.2 Å². The Morgan fingerprint density at radius 2 is 2.06 bits per heavy atom. The molecule has 0 spiro atoms. The van der Waals surface area contributed by atoms with Crippen LogP contribution in [-0.2, 0) is 6.42 Å². The van der Waals surface area contributed by atoms with Crippen molar-refractivity contribution in [1.29, 1.82) is 0 Å². The Kier molecular flexibility index (Phi) is 2.69. The van der Waals surface area contributed by atoms with E-state index in [-0.39, 0.29) is 16.5 Å². The van der Waals surface area contributed by atoms with Gasteiger partial charge in [-0.1, -0.05) is 11.6 Å². The maximum absolute atomic E-state index is 9.84. The monoisotopic (exact) mass is 272 g/mol. The Morgan fingerprint density at radius 1 is 1.29 bits per heavy atom. The minimum absolute atomic E-state index is 0.0725. The lowest BCUT2D eigenvalue weighted by atomic mass is 10.1. The van der Waals surface area contributed by atoms with Crippen LogP contribution < -0.4 is 0 Å². The van der Waals surface area contributed by atoms with Gasteiger partial charge in [-0.3, -0.25) is 0 Å². The Balaban J connectivity index is 1.92. The second-order valence-corrected chi connectivity index (χ2v) is 4.97. The van der Waals surface area contributed by atoms with Crippen LogP contribution in [-0.4, -0.2) is 31.1 Å². The molecule has 0 amide bonds. The fraction of sp³-hybridized carbons (Fsp3) is 0.500. The van der Waals surface area contributed by atoms with Gasteiger partial charge in [0.05, 0.1) is 6.10 Å². The number of nitrogens with zero attached hydrogens (tertiary/aromatic N) is 3. The van der Waals surface area contributed by atoms with E-state index >= 15 is 0 Å². The Bertz CT molecular complexity index is 567. The van der Waals surface area contributed by atoms with Gasteiger partial charge in [0.15, 0.2) is 10.8 Å². The normalized spacial score (nSPS) is 17.6. The first-order valence-corrected chi connectivity index (χ1v) is 6.15. The quantitative estimate of drug-likeness (QED) is 0.662. The number of aliphatic hydroxyl groups is 1. The summed E-state index contributed by atoms with van der Waals surface area (Å²) in [6.45, 7) is 0. The summed E-state index contributed by atoms with van der Waals surface area (Å²) in [6, 6.07) is 0. The van der Waals surface area contributed by atoms with Crippen LogP contribution in [0.5, 0.6) is 0 Å². The molecule has 0 aromatic carbocycles. The van der Waals surface area contributed by atoms with E-state index in [4.69, 9.17) is 23.2 Å². The summed E-state index contributed by atoms with van der Waals surface area (Å²) in [5.74, 6) is 1.08. The SMILES string of the molecule is OC(Cc1nc2nc(Cl)nc(Cl)c2[nH]1)C1CC1. The van der Waals surface area contributed by atoms with Crippen LogP contribution in [0.25, 0.3) is 11.2 Å². The summed E-state index contributed by atoms with van der Waals surface area (Å²) in [4.78, 5) is 15.1.